The largest absolute Gasteiger partial charge is 0.490 e. The van der Waals surface area contributed by atoms with Crippen LogP contribution in [0.25, 0.3) is 11.4 Å². The fourth-order valence-corrected chi connectivity index (χ4v) is 3.56. The molecule has 0 unspecified atom stereocenters. The number of para-hydroxylation sites is 1. The number of aromatic nitrogens is 2. The van der Waals surface area contributed by atoms with Gasteiger partial charge in [-0.1, -0.05) is 77.3 Å². The van der Waals surface area contributed by atoms with Crippen molar-refractivity contribution in [3.63, 3.8) is 0 Å². The zero-order valence-electron chi connectivity index (χ0n) is 21.3. The van der Waals surface area contributed by atoms with Crippen molar-refractivity contribution in [3.8, 4) is 22.9 Å². The average Bonchev–Trinajstić information content (AvgIpc) is 2.87. The number of unbranched alkanes of at least 4 members (excludes halogenated alkanes) is 8. The molecule has 34 heavy (non-hydrogen) atoms. The molecule has 1 aromatic heterocycles. The molecule has 1 aromatic carbocycles. The fourth-order valence-electron chi connectivity index (χ4n) is 3.56. The number of hydrogen-bond donors (Lipinski definition) is 0. The van der Waals surface area contributed by atoms with E-state index in [-0.39, 0.29) is 0 Å². The molecule has 0 bridgehead atoms. The van der Waals surface area contributed by atoms with E-state index in [2.05, 4.69) is 23.8 Å². The average molecular weight is 473 g/mol. The van der Waals surface area contributed by atoms with Gasteiger partial charge in [-0.3, -0.25) is 0 Å². The Morgan fingerprint density at radius 1 is 0.588 bits per heavy atom. The third-order valence-corrected chi connectivity index (χ3v) is 5.52. The molecule has 1 heterocycles. The van der Waals surface area contributed by atoms with E-state index < -0.39 is 0 Å². The van der Waals surface area contributed by atoms with Crippen LogP contribution < -0.4 is 9.47 Å². The third kappa shape index (κ3) is 12.3. The van der Waals surface area contributed by atoms with Gasteiger partial charge in [0.15, 0.2) is 11.6 Å². The first-order chi connectivity index (χ1) is 16.8. The Balaban J connectivity index is 1.66. The molecule has 0 fully saturated rings. The maximum atomic E-state index is 5.95. The minimum atomic E-state index is 0.496. The number of hydrogen-bond acceptors (Lipinski definition) is 6. The predicted octanol–water partition coefficient (Wildman–Crippen LogP) is 6.88. The van der Waals surface area contributed by atoms with Gasteiger partial charge in [0.2, 0.25) is 0 Å². The lowest BCUT2D eigenvalue weighted by Crippen LogP contribution is -2.09. The first-order valence-corrected chi connectivity index (χ1v) is 13.2. The molecule has 6 nitrogen and oxygen atoms in total. The molecule has 0 aliphatic carbocycles. The van der Waals surface area contributed by atoms with Gasteiger partial charge in [-0.15, -0.1) is 0 Å². The quantitative estimate of drug-likeness (QED) is 0.185. The Morgan fingerprint density at radius 3 is 1.76 bits per heavy atom. The lowest BCUT2D eigenvalue weighted by atomic mass is 10.2. The Labute approximate surface area is 206 Å². The zero-order valence-corrected chi connectivity index (χ0v) is 21.3. The monoisotopic (exact) mass is 472 g/mol. The molecule has 2 rings (SSSR count). The van der Waals surface area contributed by atoms with Crippen LogP contribution >= 0.6 is 0 Å². The smallest absolute Gasteiger partial charge is 0.163 e. The van der Waals surface area contributed by atoms with Crippen molar-refractivity contribution in [2.45, 2.75) is 78.1 Å². The van der Waals surface area contributed by atoms with Crippen LogP contribution in [-0.2, 0) is 9.47 Å². The predicted molar refractivity (Wildman–Crippen MR) is 138 cm³/mol. The summed E-state index contributed by atoms with van der Waals surface area (Å²) in [5.41, 5.74) is 0.861. The highest BCUT2D eigenvalue weighted by atomic mass is 16.5. The van der Waals surface area contributed by atoms with Gasteiger partial charge in [0.05, 0.1) is 31.2 Å². The molecule has 0 radical (unpaired) electrons. The first kappa shape index (κ1) is 28.1. The SMILES string of the molecule is CCCCCCCOCCOc1cnc(-c2ccccc2OCCOCCCCCCC)nc1. The van der Waals surface area contributed by atoms with Gasteiger partial charge in [-0.05, 0) is 25.0 Å². The van der Waals surface area contributed by atoms with Crippen LogP contribution in [0.15, 0.2) is 36.7 Å². The summed E-state index contributed by atoms with van der Waals surface area (Å²) in [6, 6.07) is 7.82. The first-order valence-electron chi connectivity index (χ1n) is 13.2. The number of benzene rings is 1. The fraction of sp³-hybridized carbons (Fsp3) is 0.643. The number of ether oxygens (including phenoxy) is 4. The summed E-state index contributed by atoms with van der Waals surface area (Å²) in [5, 5.41) is 0. The van der Waals surface area contributed by atoms with Crippen LogP contribution in [0.4, 0.5) is 0 Å². The van der Waals surface area contributed by atoms with E-state index in [1.165, 1.54) is 51.4 Å². The minimum Gasteiger partial charge on any atom is -0.490 e. The van der Waals surface area contributed by atoms with E-state index in [0.717, 1.165) is 37.4 Å². The summed E-state index contributed by atoms with van der Waals surface area (Å²) in [6.45, 7) is 8.20. The van der Waals surface area contributed by atoms with Gasteiger partial charge in [0.1, 0.15) is 19.0 Å². The van der Waals surface area contributed by atoms with Gasteiger partial charge in [0.25, 0.3) is 0 Å². The van der Waals surface area contributed by atoms with Crippen LogP contribution in [0.2, 0.25) is 0 Å². The second-order valence-corrected chi connectivity index (χ2v) is 8.49. The molecule has 0 spiro atoms. The van der Waals surface area contributed by atoms with Crippen molar-refractivity contribution in [1.29, 1.82) is 0 Å². The topological polar surface area (TPSA) is 62.7 Å². The summed E-state index contributed by atoms with van der Waals surface area (Å²) in [6.07, 6.45) is 15.8. The van der Waals surface area contributed by atoms with E-state index in [1.807, 2.05) is 24.3 Å². The molecule has 0 aliphatic heterocycles. The van der Waals surface area contributed by atoms with E-state index in [0.29, 0.717) is 38.0 Å². The summed E-state index contributed by atoms with van der Waals surface area (Å²) < 4.78 is 23.0. The molecular formula is C28H44N2O4. The van der Waals surface area contributed by atoms with Crippen LogP contribution in [0, 0.1) is 0 Å². The van der Waals surface area contributed by atoms with Gasteiger partial charge >= 0.3 is 0 Å². The third-order valence-electron chi connectivity index (χ3n) is 5.52. The summed E-state index contributed by atoms with van der Waals surface area (Å²) in [4.78, 5) is 8.94. The Bertz CT molecular complexity index is 739. The lowest BCUT2D eigenvalue weighted by molar-refractivity contribution is 0.0968. The maximum absolute atomic E-state index is 5.95. The van der Waals surface area contributed by atoms with Crippen LogP contribution in [0.5, 0.6) is 11.5 Å². The van der Waals surface area contributed by atoms with E-state index in [9.17, 15) is 0 Å². The highest BCUT2D eigenvalue weighted by Gasteiger charge is 2.09. The second-order valence-electron chi connectivity index (χ2n) is 8.49. The maximum Gasteiger partial charge on any atom is 0.163 e. The van der Waals surface area contributed by atoms with Crippen molar-refractivity contribution in [2.75, 3.05) is 39.6 Å². The minimum absolute atomic E-state index is 0.496. The molecule has 0 saturated carbocycles. The van der Waals surface area contributed by atoms with Crippen LogP contribution in [0.1, 0.15) is 78.1 Å². The molecule has 2 aromatic rings. The van der Waals surface area contributed by atoms with Gasteiger partial charge < -0.3 is 18.9 Å². The van der Waals surface area contributed by atoms with Crippen molar-refractivity contribution in [1.82, 2.24) is 9.97 Å². The molecule has 6 heteroatoms. The summed E-state index contributed by atoms with van der Waals surface area (Å²) in [5.74, 6) is 2.01. The lowest BCUT2D eigenvalue weighted by Gasteiger charge is -2.11. The summed E-state index contributed by atoms with van der Waals surface area (Å²) >= 11 is 0. The Morgan fingerprint density at radius 2 is 1.15 bits per heavy atom. The Kier molecular flexibility index (Phi) is 15.8. The van der Waals surface area contributed by atoms with E-state index in [4.69, 9.17) is 18.9 Å². The van der Waals surface area contributed by atoms with Crippen molar-refractivity contribution in [2.24, 2.45) is 0 Å². The van der Waals surface area contributed by atoms with Crippen molar-refractivity contribution < 1.29 is 18.9 Å². The molecule has 0 aliphatic rings. The molecule has 0 amide bonds. The molecule has 0 N–H and O–H groups in total. The molecule has 0 atom stereocenters. The van der Waals surface area contributed by atoms with Crippen LogP contribution in [0.3, 0.4) is 0 Å². The van der Waals surface area contributed by atoms with Gasteiger partial charge in [-0.2, -0.15) is 0 Å². The van der Waals surface area contributed by atoms with Crippen molar-refractivity contribution >= 4 is 0 Å². The molecule has 0 saturated heterocycles. The summed E-state index contributed by atoms with van der Waals surface area (Å²) in [7, 11) is 0. The van der Waals surface area contributed by atoms with Gasteiger partial charge in [0, 0.05) is 13.2 Å². The van der Waals surface area contributed by atoms with E-state index in [1.54, 1.807) is 12.4 Å². The molecule has 190 valence electrons. The Hall–Kier alpha value is -2.18. The van der Waals surface area contributed by atoms with Crippen LogP contribution in [-0.4, -0.2) is 49.6 Å². The second kappa shape index (κ2) is 19.2. The van der Waals surface area contributed by atoms with Crippen molar-refractivity contribution in [3.05, 3.63) is 36.7 Å². The standard InChI is InChI=1S/C28H44N2O4/c1-3-5-7-9-13-17-31-19-21-33-25-23-29-28(30-24-25)26-15-11-12-16-27(26)34-22-20-32-18-14-10-8-6-4-2/h11-12,15-16,23-24H,3-10,13-14,17-22H2,1-2H3. The number of rotatable bonds is 21. The molecular weight excluding hydrogens is 428 g/mol. The highest BCUT2D eigenvalue weighted by molar-refractivity contribution is 5.63. The van der Waals surface area contributed by atoms with Gasteiger partial charge in [-0.25, -0.2) is 9.97 Å². The highest BCUT2D eigenvalue weighted by Crippen LogP contribution is 2.27. The van der Waals surface area contributed by atoms with E-state index >= 15 is 0 Å². The number of nitrogens with zero attached hydrogens (tertiary/aromatic N) is 2. The normalized spacial score (nSPS) is 11.0. The zero-order chi connectivity index (χ0) is 24.1.